The van der Waals surface area contributed by atoms with Crippen molar-refractivity contribution in [3.8, 4) is 11.3 Å². The van der Waals surface area contributed by atoms with E-state index in [0.717, 1.165) is 45.2 Å². The molecule has 0 spiro atoms. The maximum atomic E-state index is 7.44. The van der Waals surface area contributed by atoms with Gasteiger partial charge in [0.05, 0.1) is 5.71 Å². The van der Waals surface area contributed by atoms with Crippen LogP contribution in [-0.4, -0.2) is 21.9 Å². The van der Waals surface area contributed by atoms with Crippen LogP contribution < -0.4 is 11.2 Å². The molecule has 0 radical (unpaired) electrons. The van der Waals surface area contributed by atoms with Crippen molar-refractivity contribution in [1.29, 1.82) is 5.41 Å². The average molecular weight is 415 g/mol. The molecule has 5 N–H and O–H groups in total. The molecule has 1 aliphatic rings. The van der Waals surface area contributed by atoms with Crippen molar-refractivity contribution >= 4 is 35.7 Å². The quantitative estimate of drug-likeness (QED) is 0.295. The van der Waals surface area contributed by atoms with Crippen LogP contribution in [0.4, 0.5) is 0 Å². The van der Waals surface area contributed by atoms with E-state index in [2.05, 4.69) is 20.7 Å². The van der Waals surface area contributed by atoms with Gasteiger partial charge in [0.1, 0.15) is 5.69 Å². The van der Waals surface area contributed by atoms with Gasteiger partial charge in [0.2, 0.25) is 5.96 Å². The molecule has 4 rings (SSSR count). The Kier molecular flexibility index (Phi) is 6.02. The number of fused-ring (bicyclic) bond motifs is 1. The number of nitrogens with zero attached hydrogens (tertiary/aromatic N) is 2. The number of nitrogens with two attached hydrogens (primary N) is 1. The number of rotatable bonds is 3. The summed E-state index contributed by atoms with van der Waals surface area (Å²) in [6, 6.07) is 17.8. The van der Waals surface area contributed by atoms with Gasteiger partial charge in [-0.1, -0.05) is 60.1 Å². The lowest BCUT2D eigenvalue weighted by Gasteiger charge is -2.25. The Morgan fingerprint density at radius 1 is 1.14 bits per heavy atom. The van der Waals surface area contributed by atoms with Crippen molar-refractivity contribution in [1.82, 2.24) is 15.6 Å². The largest absolute Gasteiger partial charge is 0.369 e. The molecule has 1 heterocycles. The fourth-order valence-corrected chi connectivity index (χ4v) is 3.84. The van der Waals surface area contributed by atoms with E-state index in [0.29, 0.717) is 6.42 Å². The van der Waals surface area contributed by atoms with E-state index in [-0.39, 0.29) is 24.3 Å². The highest BCUT2D eigenvalue weighted by molar-refractivity contribution is 6.31. The number of nitrogens with one attached hydrogen (secondary N) is 3. The summed E-state index contributed by atoms with van der Waals surface area (Å²) < 4.78 is 0. The van der Waals surface area contributed by atoms with E-state index in [9.17, 15) is 0 Å². The van der Waals surface area contributed by atoms with Crippen molar-refractivity contribution in [3.63, 3.8) is 0 Å². The van der Waals surface area contributed by atoms with Gasteiger partial charge in [0, 0.05) is 21.8 Å². The topological polar surface area (TPSA) is 103 Å². The van der Waals surface area contributed by atoms with Gasteiger partial charge in [-0.25, -0.2) is 5.43 Å². The normalized spacial score (nSPS) is 16.9. The van der Waals surface area contributed by atoms with Crippen molar-refractivity contribution in [2.75, 3.05) is 0 Å². The zero-order valence-corrected chi connectivity index (χ0v) is 16.5. The summed E-state index contributed by atoms with van der Waals surface area (Å²) in [4.78, 5) is 0. The predicted molar refractivity (Wildman–Crippen MR) is 115 cm³/mol. The second kappa shape index (κ2) is 8.46. The summed E-state index contributed by atoms with van der Waals surface area (Å²) in [5.41, 5.74) is 13.8. The number of H-pyrrole nitrogens is 1. The van der Waals surface area contributed by atoms with Crippen molar-refractivity contribution in [2.45, 2.75) is 18.8 Å². The molecule has 28 heavy (non-hydrogen) atoms. The molecule has 1 atom stereocenters. The molecule has 0 amide bonds. The number of hydrogen-bond acceptors (Lipinski definition) is 3. The number of halogens is 2. The molecule has 1 unspecified atom stereocenters. The van der Waals surface area contributed by atoms with Crippen molar-refractivity contribution in [3.05, 3.63) is 76.4 Å². The fourth-order valence-electron chi connectivity index (χ4n) is 3.55. The molecule has 2 aromatic carbocycles. The van der Waals surface area contributed by atoms with E-state index in [1.807, 2.05) is 54.6 Å². The highest BCUT2D eigenvalue weighted by Gasteiger charge is 2.31. The zero-order valence-electron chi connectivity index (χ0n) is 14.9. The monoisotopic (exact) mass is 414 g/mol. The van der Waals surface area contributed by atoms with Gasteiger partial charge >= 0.3 is 0 Å². The Morgan fingerprint density at radius 3 is 2.57 bits per heavy atom. The first-order valence-electron chi connectivity index (χ1n) is 8.67. The number of hydrogen-bond donors (Lipinski definition) is 4. The fraction of sp³-hybridized carbons (Fsp3) is 0.150. The molecule has 144 valence electrons. The van der Waals surface area contributed by atoms with Crippen LogP contribution in [0, 0.1) is 5.41 Å². The Hall–Kier alpha value is -2.83. The number of hydrazone groups is 1. The molecule has 6 nitrogen and oxygen atoms in total. The lowest BCUT2D eigenvalue weighted by Crippen LogP contribution is -2.29. The third-order valence-electron chi connectivity index (χ3n) is 4.72. The molecule has 0 aliphatic heterocycles. The van der Waals surface area contributed by atoms with Crippen LogP contribution in [0.15, 0.2) is 59.7 Å². The van der Waals surface area contributed by atoms with Crippen LogP contribution in [0.3, 0.4) is 0 Å². The standard InChI is InChI=1S/C20H19ClN6.ClH/c21-15-9-5-4-8-14(15)13-10-16-18(17(11-13)25-27-20(22)23)19(26-24-16)12-6-2-1-3-7-12;/h1-9,13H,10-11H2,(H,24,26)(H4,22,23,27);1H/b25-17-;. The average Bonchev–Trinajstić information content (AvgIpc) is 3.11. The maximum Gasteiger partial charge on any atom is 0.206 e. The van der Waals surface area contributed by atoms with Gasteiger partial charge in [-0.3, -0.25) is 10.5 Å². The predicted octanol–water partition coefficient (Wildman–Crippen LogP) is 4.07. The first-order valence-corrected chi connectivity index (χ1v) is 9.05. The number of guanidine groups is 1. The van der Waals surface area contributed by atoms with Gasteiger partial charge in [-0.15, -0.1) is 12.4 Å². The number of benzene rings is 2. The Morgan fingerprint density at radius 2 is 1.86 bits per heavy atom. The first-order chi connectivity index (χ1) is 13.1. The molecule has 1 aromatic heterocycles. The summed E-state index contributed by atoms with van der Waals surface area (Å²) in [6.45, 7) is 0. The second-order valence-electron chi connectivity index (χ2n) is 6.50. The van der Waals surface area contributed by atoms with E-state index >= 15 is 0 Å². The summed E-state index contributed by atoms with van der Waals surface area (Å²) in [7, 11) is 0. The summed E-state index contributed by atoms with van der Waals surface area (Å²) in [5.74, 6) is -0.0311. The van der Waals surface area contributed by atoms with Crippen molar-refractivity contribution < 1.29 is 0 Å². The smallest absolute Gasteiger partial charge is 0.206 e. The van der Waals surface area contributed by atoms with Crippen LogP contribution in [0.5, 0.6) is 0 Å². The van der Waals surface area contributed by atoms with Gasteiger partial charge in [-0.05, 0) is 30.4 Å². The Labute approximate surface area is 174 Å². The van der Waals surface area contributed by atoms with Crippen LogP contribution in [0.2, 0.25) is 5.02 Å². The lowest BCUT2D eigenvalue weighted by atomic mass is 9.80. The minimum atomic E-state index is -0.200. The van der Waals surface area contributed by atoms with Crippen LogP contribution in [0.25, 0.3) is 11.3 Å². The van der Waals surface area contributed by atoms with E-state index in [1.54, 1.807) is 0 Å². The molecule has 3 aromatic rings. The first kappa shape index (κ1) is 19.9. The summed E-state index contributed by atoms with van der Waals surface area (Å²) in [6.07, 6.45) is 1.47. The Balaban J connectivity index is 0.00000225. The molecular formula is C20H20Cl2N6. The molecule has 0 bridgehead atoms. The summed E-state index contributed by atoms with van der Waals surface area (Å²) in [5, 5.41) is 20.3. The Bertz CT molecular complexity index is 1010. The minimum absolute atomic E-state index is 0. The number of aromatic nitrogens is 2. The second-order valence-corrected chi connectivity index (χ2v) is 6.91. The summed E-state index contributed by atoms with van der Waals surface area (Å²) >= 11 is 6.43. The van der Waals surface area contributed by atoms with Gasteiger partial charge in [0.15, 0.2) is 0 Å². The van der Waals surface area contributed by atoms with Crippen molar-refractivity contribution in [2.24, 2.45) is 10.8 Å². The van der Waals surface area contributed by atoms with E-state index in [1.165, 1.54) is 0 Å². The highest BCUT2D eigenvalue weighted by Crippen LogP contribution is 2.38. The molecule has 0 fully saturated rings. The molecule has 1 aliphatic carbocycles. The third kappa shape index (κ3) is 3.88. The molecular weight excluding hydrogens is 395 g/mol. The lowest BCUT2D eigenvalue weighted by molar-refractivity contribution is 0.677. The minimum Gasteiger partial charge on any atom is -0.369 e. The van der Waals surface area contributed by atoms with Crippen LogP contribution >= 0.6 is 24.0 Å². The van der Waals surface area contributed by atoms with E-state index in [4.69, 9.17) is 22.7 Å². The highest BCUT2D eigenvalue weighted by atomic mass is 35.5. The molecule has 0 saturated heterocycles. The SMILES string of the molecule is Cl.N=C(N)N/N=C1/CC(c2ccccc2Cl)Cc2[nH]nc(-c3ccccc3)c21. The van der Waals surface area contributed by atoms with Crippen LogP contribution in [-0.2, 0) is 6.42 Å². The van der Waals surface area contributed by atoms with Gasteiger partial charge in [-0.2, -0.15) is 10.2 Å². The third-order valence-corrected chi connectivity index (χ3v) is 5.07. The van der Waals surface area contributed by atoms with Gasteiger partial charge in [0.25, 0.3) is 0 Å². The van der Waals surface area contributed by atoms with Gasteiger partial charge < -0.3 is 5.73 Å². The number of aromatic amines is 1. The maximum absolute atomic E-state index is 7.44. The van der Waals surface area contributed by atoms with E-state index < -0.39 is 0 Å². The molecule has 8 heteroatoms. The van der Waals surface area contributed by atoms with Crippen LogP contribution in [0.1, 0.15) is 29.2 Å². The molecule has 0 saturated carbocycles. The zero-order chi connectivity index (χ0) is 18.8.